The fourth-order valence-corrected chi connectivity index (χ4v) is 3.72. The van der Waals surface area contributed by atoms with E-state index in [1.807, 2.05) is 36.1 Å². The van der Waals surface area contributed by atoms with E-state index < -0.39 is 0 Å². The fraction of sp³-hybridized carbons (Fsp3) is 0.619. The highest BCUT2D eigenvalue weighted by atomic mass is 16.2. The molecule has 1 heterocycles. The predicted octanol–water partition coefficient (Wildman–Crippen LogP) is 2.45. The zero-order valence-electron chi connectivity index (χ0n) is 15.9. The van der Waals surface area contributed by atoms with Gasteiger partial charge >= 0.3 is 0 Å². The first-order valence-electron chi connectivity index (χ1n) is 9.97. The number of nitrogens with one attached hydrogen (secondary N) is 1. The van der Waals surface area contributed by atoms with Crippen LogP contribution in [0.2, 0.25) is 0 Å². The van der Waals surface area contributed by atoms with Crippen LogP contribution >= 0.6 is 0 Å². The van der Waals surface area contributed by atoms with Crippen molar-refractivity contribution in [3.8, 4) is 0 Å². The molecule has 1 aromatic carbocycles. The minimum atomic E-state index is 0.132. The zero-order valence-corrected chi connectivity index (χ0v) is 15.9. The van der Waals surface area contributed by atoms with Crippen molar-refractivity contribution < 1.29 is 9.59 Å². The third kappa shape index (κ3) is 5.07. The number of amides is 2. The lowest BCUT2D eigenvalue weighted by Crippen LogP contribution is -2.50. The molecule has 0 bridgehead atoms. The van der Waals surface area contributed by atoms with E-state index in [-0.39, 0.29) is 11.8 Å². The molecule has 0 atom stereocenters. The van der Waals surface area contributed by atoms with Crippen LogP contribution in [-0.2, 0) is 4.79 Å². The van der Waals surface area contributed by atoms with Crippen molar-refractivity contribution in [2.75, 3.05) is 39.3 Å². The summed E-state index contributed by atoms with van der Waals surface area (Å²) in [6.07, 6.45) is 5.66. The van der Waals surface area contributed by atoms with Gasteiger partial charge in [0, 0.05) is 51.3 Å². The fourth-order valence-electron chi connectivity index (χ4n) is 3.72. The number of carbonyl (C=O) groups is 2. The number of piperazine rings is 1. The summed E-state index contributed by atoms with van der Waals surface area (Å²) in [4.78, 5) is 28.8. The highest BCUT2D eigenvalue weighted by molar-refractivity contribution is 5.95. The van der Waals surface area contributed by atoms with Gasteiger partial charge in [-0.3, -0.25) is 14.5 Å². The second-order valence-corrected chi connectivity index (χ2v) is 7.63. The van der Waals surface area contributed by atoms with Crippen molar-refractivity contribution in [2.24, 2.45) is 5.92 Å². The molecule has 0 aromatic heterocycles. The lowest BCUT2D eigenvalue weighted by Gasteiger charge is -2.35. The van der Waals surface area contributed by atoms with Crippen LogP contribution in [0, 0.1) is 12.8 Å². The second-order valence-electron chi connectivity index (χ2n) is 7.63. The number of aryl methyl sites for hydroxylation is 1. The number of hydrogen-bond donors (Lipinski definition) is 1. The first-order valence-corrected chi connectivity index (χ1v) is 9.97. The molecule has 26 heavy (non-hydrogen) atoms. The van der Waals surface area contributed by atoms with Gasteiger partial charge in [-0.05, 0) is 30.9 Å². The minimum Gasteiger partial charge on any atom is -0.355 e. The van der Waals surface area contributed by atoms with E-state index in [0.29, 0.717) is 13.0 Å². The molecule has 0 radical (unpaired) electrons. The van der Waals surface area contributed by atoms with Gasteiger partial charge in [-0.1, -0.05) is 37.5 Å². The molecule has 3 rings (SSSR count). The molecule has 2 aliphatic rings. The summed E-state index contributed by atoms with van der Waals surface area (Å²) in [6.45, 7) is 6.80. The van der Waals surface area contributed by atoms with Crippen molar-refractivity contribution in [3.05, 3.63) is 35.4 Å². The molecule has 1 aromatic rings. The van der Waals surface area contributed by atoms with Crippen molar-refractivity contribution in [2.45, 2.75) is 39.0 Å². The maximum Gasteiger partial charge on any atom is 0.254 e. The molecule has 1 aliphatic carbocycles. The Morgan fingerprint density at radius 3 is 2.50 bits per heavy atom. The van der Waals surface area contributed by atoms with E-state index in [0.717, 1.165) is 56.2 Å². The lowest BCUT2D eigenvalue weighted by atomic mass is 9.82. The molecule has 0 unspecified atom stereocenters. The van der Waals surface area contributed by atoms with E-state index in [9.17, 15) is 9.59 Å². The number of rotatable bonds is 7. The molecular weight excluding hydrogens is 326 g/mol. The standard InChI is InChI=1S/C21H31N3O2/c1-17-5-2-3-8-19(17)21(26)24-15-13-23(14-16-24)12-11-22-20(25)10-9-18-6-4-7-18/h2-3,5,8,18H,4,6-7,9-16H2,1H3,(H,22,25). The Labute approximate surface area is 156 Å². The van der Waals surface area contributed by atoms with Crippen LogP contribution in [0.3, 0.4) is 0 Å². The summed E-state index contributed by atoms with van der Waals surface area (Å²) in [5.74, 6) is 1.11. The first-order chi connectivity index (χ1) is 12.6. The Hall–Kier alpha value is -1.88. The van der Waals surface area contributed by atoms with Crippen LogP contribution in [0.1, 0.15) is 48.0 Å². The Balaban J connectivity index is 1.33. The number of hydrogen-bond acceptors (Lipinski definition) is 3. The number of carbonyl (C=O) groups excluding carboxylic acids is 2. The van der Waals surface area contributed by atoms with Gasteiger partial charge < -0.3 is 10.2 Å². The van der Waals surface area contributed by atoms with Crippen LogP contribution < -0.4 is 5.32 Å². The first kappa shape index (κ1) is 18.9. The predicted molar refractivity (Wildman–Crippen MR) is 103 cm³/mol. The summed E-state index contributed by atoms with van der Waals surface area (Å²) in [7, 11) is 0. The van der Waals surface area contributed by atoms with Crippen molar-refractivity contribution >= 4 is 11.8 Å². The molecule has 1 aliphatic heterocycles. The smallest absolute Gasteiger partial charge is 0.254 e. The zero-order chi connectivity index (χ0) is 18.4. The molecule has 5 heteroatoms. The normalized spacial score (nSPS) is 18.4. The number of nitrogens with zero attached hydrogens (tertiary/aromatic N) is 2. The Kier molecular flexibility index (Phi) is 6.67. The maximum absolute atomic E-state index is 12.6. The lowest BCUT2D eigenvalue weighted by molar-refractivity contribution is -0.121. The van der Waals surface area contributed by atoms with Gasteiger partial charge in [-0.15, -0.1) is 0 Å². The highest BCUT2D eigenvalue weighted by Gasteiger charge is 2.23. The van der Waals surface area contributed by atoms with Gasteiger partial charge in [0.15, 0.2) is 0 Å². The van der Waals surface area contributed by atoms with E-state index in [2.05, 4.69) is 10.2 Å². The largest absolute Gasteiger partial charge is 0.355 e. The molecule has 142 valence electrons. The highest BCUT2D eigenvalue weighted by Crippen LogP contribution is 2.30. The SMILES string of the molecule is Cc1ccccc1C(=O)N1CCN(CCNC(=O)CCC2CCC2)CC1. The Bertz CT molecular complexity index is 619. The quantitative estimate of drug-likeness (QED) is 0.815. The monoisotopic (exact) mass is 357 g/mol. The average Bonchev–Trinajstić information content (AvgIpc) is 2.61. The Morgan fingerprint density at radius 1 is 1.12 bits per heavy atom. The molecular formula is C21H31N3O2. The van der Waals surface area contributed by atoms with E-state index >= 15 is 0 Å². The van der Waals surface area contributed by atoms with Gasteiger partial charge in [0.25, 0.3) is 5.91 Å². The van der Waals surface area contributed by atoms with Crippen molar-refractivity contribution in [1.82, 2.24) is 15.1 Å². The van der Waals surface area contributed by atoms with Gasteiger partial charge in [0.1, 0.15) is 0 Å². The molecule has 5 nitrogen and oxygen atoms in total. The van der Waals surface area contributed by atoms with Gasteiger partial charge in [-0.25, -0.2) is 0 Å². The summed E-state index contributed by atoms with van der Waals surface area (Å²) >= 11 is 0. The van der Waals surface area contributed by atoms with E-state index in [1.165, 1.54) is 19.3 Å². The summed E-state index contributed by atoms with van der Waals surface area (Å²) < 4.78 is 0. The third-order valence-corrected chi connectivity index (χ3v) is 5.79. The van der Waals surface area contributed by atoms with E-state index in [4.69, 9.17) is 0 Å². The van der Waals surface area contributed by atoms with Crippen LogP contribution in [0.15, 0.2) is 24.3 Å². The molecule has 1 N–H and O–H groups in total. The Morgan fingerprint density at radius 2 is 1.85 bits per heavy atom. The third-order valence-electron chi connectivity index (χ3n) is 5.79. The van der Waals surface area contributed by atoms with Crippen molar-refractivity contribution in [1.29, 1.82) is 0 Å². The topological polar surface area (TPSA) is 52.7 Å². The molecule has 2 amide bonds. The average molecular weight is 357 g/mol. The maximum atomic E-state index is 12.6. The van der Waals surface area contributed by atoms with Crippen LogP contribution in [0.5, 0.6) is 0 Å². The van der Waals surface area contributed by atoms with Crippen molar-refractivity contribution in [3.63, 3.8) is 0 Å². The summed E-state index contributed by atoms with van der Waals surface area (Å²) in [6, 6.07) is 7.77. The van der Waals surface area contributed by atoms with Crippen LogP contribution in [-0.4, -0.2) is 60.9 Å². The van der Waals surface area contributed by atoms with Gasteiger partial charge in [0.05, 0.1) is 0 Å². The molecule has 0 spiro atoms. The minimum absolute atomic E-state index is 0.132. The second kappa shape index (κ2) is 9.17. The van der Waals surface area contributed by atoms with Crippen LogP contribution in [0.25, 0.3) is 0 Å². The molecule has 1 saturated carbocycles. The molecule has 1 saturated heterocycles. The van der Waals surface area contributed by atoms with Gasteiger partial charge in [0.2, 0.25) is 5.91 Å². The summed E-state index contributed by atoms with van der Waals surface area (Å²) in [5, 5.41) is 3.04. The number of benzene rings is 1. The molecule has 2 fully saturated rings. The van der Waals surface area contributed by atoms with Gasteiger partial charge in [-0.2, -0.15) is 0 Å². The summed E-state index contributed by atoms with van der Waals surface area (Å²) in [5.41, 5.74) is 1.84. The van der Waals surface area contributed by atoms with Crippen LogP contribution in [0.4, 0.5) is 0 Å². The van der Waals surface area contributed by atoms with E-state index in [1.54, 1.807) is 0 Å².